The Morgan fingerprint density at radius 2 is 1.96 bits per heavy atom. The summed E-state index contributed by atoms with van der Waals surface area (Å²) in [6, 6.07) is 14.8. The van der Waals surface area contributed by atoms with E-state index in [2.05, 4.69) is 25.9 Å². The van der Waals surface area contributed by atoms with Gasteiger partial charge in [-0.05, 0) is 30.7 Å². The molecule has 0 radical (unpaired) electrons. The molecule has 7 nitrogen and oxygen atoms in total. The molecule has 0 aliphatic rings. The molecule has 0 saturated carbocycles. The summed E-state index contributed by atoms with van der Waals surface area (Å²) in [7, 11) is 0. The third-order valence-corrected chi connectivity index (χ3v) is 3.50. The Morgan fingerprint density at radius 1 is 1.17 bits per heavy atom. The van der Waals surface area contributed by atoms with Gasteiger partial charge in [-0.15, -0.1) is 10.2 Å². The molecule has 1 heterocycles. The van der Waals surface area contributed by atoms with Crippen molar-refractivity contribution in [1.29, 1.82) is 0 Å². The highest BCUT2D eigenvalue weighted by Gasteiger charge is 2.11. The molecule has 2 N–H and O–H groups in total. The molecule has 2 aromatic carbocycles. The first-order chi connectivity index (χ1) is 11.7. The fourth-order valence-electron chi connectivity index (χ4n) is 2.25. The quantitative estimate of drug-likeness (QED) is 0.726. The first-order valence-corrected chi connectivity index (χ1v) is 7.55. The van der Waals surface area contributed by atoms with Gasteiger partial charge >= 0.3 is 0 Å². The third kappa shape index (κ3) is 3.75. The number of ether oxygens (including phenoxy) is 1. The lowest BCUT2D eigenvalue weighted by Crippen LogP contribution is -2.14. The van der Waals surface area contributed by atoms with Gasteiger partial charge in [0.2, 0.25) is 0 Å². The Morgan fingerprint density at radius 3 is 2.75 bits per heavy atom. The minimum Gasteiger partial charge on any atom is -0.491 e. The maximum Gasteiger partial charge on any atom is 0.256 e. The number of benzene rings is 2. The van der Waals surface area contributed by atoms with Crippen LogP contribution < -0.4 is 10.1 Å². The van der Waals surface area contributed by atoms with E-state index in [1.165, 1.54) is 0 Å². The van der Waals surface area contributed by atoms with Crippen LogP contribution in [0.15, 0.2) is 48.5 Å². The fourth-order valence-corrected chi connectivity index (χ4v) is 2.25. The average Bonchev–Trinajstić information content (AvgIpc) is 3.10. The van der Waals surface area contributed by atoms with Gasteiger partial charge in [0, 0.05) is 12.0 Å². The fraction of sp³-hybridized carbons (Fsp3) is 0.176. The topological polar surface area (TPSA) is 92.8 Å². The SMILES string of the molecule is Cc1ccccc1C(=O)Nc1ccccc1OCCc1nn[nH]n1. The first kappa shape index (κ1) is 15.7. The van der Waals surface area contributed by atoms with Crippen LogP contribution in [0.4, 0.5) is 5.69 Å². The van der Waals surface area contributed by atoms with Crippen LogP contribution in [0, 0.1) is 6.92 Å². The van der Waals surface area contributed by atoms with Gasteiger partial charge in [-0.2, -0.15) is 5.21 Å². The summed E-state index contributed by atoms with van der Waals surface area (Å²) < 4.78 is 5.74. The molecule has 0 atom stereocenters. The van der Waals surface area contributed by atoms with E-state index in [4.69, 9.17) is 4.74 Å². The van der Waals surface area contributed by atoms with E-state index in [0.29, 0.717) is 35.9 Å². The second-order valence-corrected chi connectivity index (χ2v) is 5.19. The van der Waals surface area contributed by atoms with Gasteiger partial charge in [0.1, 0.15) is 5.75 Å². The lowest BCUT2D eigenvalue weighted by atomic mass is 10.1. The van der Waals surface area contributed by atoms with Crippen molar-refractivity contribution in [2.24, 2.45) is 0 Å². The first-order valence-electron chi connectivity index (χ1n) is 7.55. The minimum absolute atomic E-state index is 0.165. The summed E-state index contributed by atoms with van der Waals surface area (Å²) in [5, 5.41) is 16.5. The number of H-pyrrole nitrogens is 1. The molecule has 122 valence electrons. The Labute approximate surface area is 139 Å². The average molecular weight is 323 g/mol. The van der Waals surface area contributed by atoms with Crippen LogP contribution in [-0.4, -0.2) is 33.1 Å². The van der Waals surface area contributed by atoms with Crippen molar-refractivity contribution < 1.29 is 9.53 Å². The van der Waals surface area contributed by atoms with Crippen molar-refractivity contribution in [3.8, 4) is 5.75 Å². The number of aryl methyl sites for hydroxylation is 1. The maximum absolute atomic E-state index is 12.4. The molecule has 0 fully saturated rings. The number of rotatable bonds is 6. The van der Waals surface area contributed by atoms with Crippen LogP contribution >= 0.6 is 0 Å². The number of nitrogens with zero attached hydrogens (tertiary/aromatic N) is 3. The van der Waals surface area contributed by atoms with Crippen molar-refractivity contribution in [2.45, 2.75) is 13.3 Å². The summed E-state index contributed by atoms with van der Waals surface area (Å²) >= 11 is 0. The van der Waals surface area contributed by atoms with Gasteiger partial charge in [-0.3, -0.25) is 4.79 Å². The molecule has 0 spiro atoms. The number of aromatic nitrogens is 4. The third-order valence-electron chi connectivity index (χ3n) is 3.50. The maximum atomic E-state index is 12.4. The van der Waals surface area contributed by atoms with E-state index in [9.17, 15) is 4.79 Å². The number of tetrazole rings is 1. The highest BCUT2D eigenvalue weighted by atomic mass is 16.5. The number of hydrogen-bond donors (Lipinski definition) is 2. The Kier molecular flexibility index (Phi) is 4.81. The molecule has 0 unspecified atom stereocenters. The Balaban J connectivity index is 1.67. The van der Waals surface area contributed by atoms with Gasteiger partial charge in [0.05, 0.1) is 12.3 Å². The lowest BCUT2D eigenvalue weighted by molar-refractivity contribution is 0.102. The summed E-state index contributed by atoms with van der Waals surface area (Å²) in [6.45, 7) is 2.29. The molecule has 0 aliphatic heterocycles. The van der Waals surface area contributed by atoms with E-state index in [0.717, 1.165) is 5.56 Å². The summed E-state index contributed by atoms with van der Waals surface area (Å²) in [6.07, 6.45) is 0.524. The van der Waals surface area contributed by atoms with Gasteiger partial charge in [0.25, 0.3) is 5.91 Å². The molecule has 0 saturated heterocycles. The zero-order chi connectivity index (χ0) is 16.8. The summed E-state index contributed by atoms with van der Waals surface area (Å²) in [5.41, 5.74) is 2.18. The van der Waals surface area contributed by atoms with Crippen LogP contribution in [0.5, 0.6) is 5.75 Å². The molecule has 0 bridgehead atoms. The monoisotopic (exact) mass is 323 g/mol. The minimum atomic E-state index is -0.165. The predicted molar refractivity (Wildman–Crippen MR) is 89.0 cm³/mol. The highest BCUT2D eigenvalue weighted by molar-refractivity contribution is 6.05. The smallest absolute Gasteiger partial charge is 0.256 e. The van der Waals surface area contributed by atoms with Gasteiger partial charge < -0.3 is 10.1 Å². The molecular weight excluding hydrogens is 306 g/mol. The molecule has 3 aromatic rings. The largest absolute Gasteiger partial charge is 0.491 e. The molecule has 3 rings (SSSR count). The van der Waals surface area contributed by atoms with Crippen LogP contribution in [0.2, 0.25) is 0 Å². The van der Waals surface area contributed by atoms with Gasteiger partial charge in [0.15, 0.2) is 5.82 Å². The van der Waals surface area contributed by atoms with Crippen LogP contribution in [-0.2, 0) is 6.42 Å². The van der Waals surface area contributed by atoms with Crippen LogP contribution in [0.25, 0.3) is 0 Å². The van der Waals surface area contributed by atoms with Crippen LogP contribution in [0.3, 0.4) is 0 Å². The Hall–Kier alpha value is -3.22. The number of carbonyl (C=O) groups is 1. The van der Waals surface area contributed by atoms with Gasteiger partial charge in [-0.1, -0.05) is 35.5 Å². The van der Waals surface area contributed by atoms with Crippen molar-refractivity contribution in [1.82, 2.24) is 20.6 Å². The van der Waals surface area contributed by atoms with E-state index in [1.54, 1.807) is 12.1 Å². The molecule has 1 aromatic heterocycles. The van der Waals surface area contributed by atoms with Crippen LogP contribution in [0.1, 0.15) is 21.7 Å². The van der Waals surface area contributed by atoms with E-state index < -0.39 is 0 Å². The molecular formula is C17H17N5O2. The number of anilines is 1. The van der Waals surface area contributed by atoms with Crippen molar-refractivity contribution in [3.63, 3.8) is 0 Å². The highest BCUT2D eigenvalue weighted by Crippen LogP contribution is 2.24. The standard InChI is InChI=1S/C17H17N5O2/c1-12-6-2-3-7-13(12)17(23)18-14-8-4-5-9-15(14)24-11-10-16-19-21-22-20-16/h2-9H,10-11H2,1H3,(H,18,23)(H,19,20,21,22). The zero-order valence-corrected chi connectivity index (χ0v) is 13.2. The van der Waals surface area contributed by atoms with Crippen molar-refractivity contribution in [3.05, 3.63) is 65.5 Å². The second-order valence-electron chi connectivity index (χ2n) is 5.19. The number of hydrogen-bond acceptors (Lipinski definition) is 5. The van der Waals surface area contributed by atoms with Crippen molar-refractivity contribution in [2.75, 3.05) is 11.9 Å². The number of carbonyl (C=O) groups excluding carboxylic acids is 1. The lowest BCUT2D eigenvalue weighted by Gasteiger charge is -2.12. The number of para-hydroxylation sites is 2. The normalized spacial score (nSPS) is 10.4. The summed E-state index contributed by atoms with van der Waals surface area (Å²) in [5.74, 6) is 1.02. The molecule has 0 aliphatic carbocycles. The summed E-state index contributed by atoms with van der Waals surface area (Å²) in [4.78, 5) is 12.4. The molecule has 1 amide bonds. The Bertz CT molecular complexity index is 817. The predicted octanol–water partition coefficient (Wildman–Crippen LogP) is 2.38. The van der Waals surface area contributed by atoms with E-state index in [1.807, 2.05) is 43.3 Å². The number of nitrogens with one attached hydrogen (secondary N) is 2. The zero-order valence-electron chi connectivity index (χ0n) is 13.2. The number of aromatic amines is 1. The van der Waals surface area contributed by atoms with E-state index >= 15 is 0 Å². The van der Waals surface area contributed by atoms with Gasteiger partial charge in [-0.25, -0.2) is 0 Å². The van der Waals surface area contributed by atoms with E-state index in [-0.39, 0.29) is 5.91 Å². The van der Waals surface area contributed by atoms with Crippen molar-refractivity contribution >= 4 is 11.6 Å². The molecule has 24 heavy (non-hydrogen) atoms. The number of amides is 1. The second kappa shape index (κ2) is 7.36. The molecule has 7 heteroatoms.